The maximum Gasteiger partial charge on any atom is 0.134 e. The van der Waals surface area contributed by atoms with Crippen molar-refractivity contribution in [3.05, 3.63) is 230 Å². The van der Waals surface area contributed by atoms with Crippen LogP contribution in [0.4, 0.5) is 8.78 Å². The zero-order valence-corrected chi connectivity index (χ0v) is 36.2. The molecule has 318 valence electrons. The van der Waals surface area contributed by atoms with Crippen LogP contribution in [0.2, 0.25) is 0 Å². The standard InChI is InChI=1S/C61H35F2N5/c62-49-24-15-25-50(63)56(49)47-34-35-55(67-53-28-13-9-22-41(53)45-32-30-43-39-20-7-11-26-51(39)65(58(43)60(45)67)37-16-3-1-4-17-37)48(36-64)57(47)68-54-29-14-10-23-42(54)46-33-31-44-40-21-8-12-27-52(40)66(59(44)61(46)68)38-18-5-2-6-19-38/h1-35H. The third-order valence-corrected chi connectivity index (χ3v) is 13.9. The Kier molecular flexibility index (Phi) is 8.05. The van der Waals surface area contributed by atoms with Crippen LogP contribution in [-0.4, -0.2) is 18.3 Å². The summed E-state index contributed by atoms with van der Waals surface area (Å²) in [7, 11) is 0. The molecule has 68 heavy (non-hydrogen) atoms. The van der Waals surface area contributed by atoms with Gasteiger partial charge in [-0.05, 0) is 72.8 Å². The Hall–Kier alpha value is -9.25. The Labute approximate surface area is 387 Å². The minimum atomic E-state index is -0.724. The lowest BCUT2D eigenvalue weighted by Crippen LogP contribution is -2.08. The van der Waals surface area contributed by atoms with Crippen molar-refractivity contribution in [2.45, 2.75) is 0 Å². The molecule has 5 nitrogen and oxygen atoms in total. The Morgan fingerprint density at radius 2 is 0.691 bits per heavy atom. The predicted molar refractivity (Wildman–Crippen MR) is 274 cm³/mol. The molecule has 0 spiro atoms. The Morgan fingerprint density at radius 1 is 0.324 bits per heavy atom. The number of benzene rings is 10. The van der Waals surface area contributed by atoms with Gasteiger partial charge >= 0.3 is 0 Å². The smallest absolute Gasteiger partial charge is 0.134 e. The Bertz CT molecular complexity index is 4450. The maximum atomic E-state index is 16.6. The molecule has 0 saturated heterocycles. The van der Waals surface area contributed by atoms with Gasteiger partial charge in [-0.3, -0.25) is 0 Å². The SMILES string of the molecule is N#Cc1c(-n2c3ccccc3c3ccc4c5ccccc5n(-c5ccccc5)c4c32)ccc(-c2c(F)cccc2F)c1-n1c2ccccc2c2ccc3c4ccccc4n(-c4ccccc4)c3c21. The van der Waals surface area contributed by atoms with Crippen LogP contribution in [0.1, 0.15) is 5.56 Å². The van der Waals surface area contributed by atoms with E-state index in [1.807, 2.05) is 84.9 Å². The lowest BCUT2D eigenvalue weighted by Gasteiger charge is -2.21. The van der Waals surface area contributed by atoms with Crippen molar-refractivity contribution in [1.82, 2.24) is 18.3 Å². The number of hydrogen-bond acceptors (Lipinski definition) is 1. The van der Waals surface area contributed by atoms with Crippen LogP contribution in [-0.2, 0) is 0 Å². The van der Waals surface area contributed by atoms with E-state index in [0.717, 1.165) is 98.6 Å². The number of fused-ring (bicyclic) bond motifs is 14. The molecular weight excluding hydrogens is 841 g/mol. The highest BCUT2D eigenvalue weighted by Crippen LogP contribution is 2.48. The van der Waals surface area contributed by atoms with Gasteiger partial charge in [-0.25, -0.2) is 8.78 Å². The van der Waals surface area contributed by atoms with Gasteiger partial charge in [0.25, 0.3) is 0 Å². The van der Waals surface area contributed by atoms with Gasteiger partial charge in [-0.2, -0.15) is 5.26 Å². The van der Waals surface area contributed by atoms with Crippen molar-refractivity contribution >= 4 is 87.2 Å². The molecule has 0 N–H and O–H groups in total. The van der Waals surface area contributed by atoms with Gasteiger partial charge in [0.05, 0.1) is 61.1 Å². The van der Waals surface area contributed by atoms with Gasteiger partial charge < -0.3 is 18.3 Å². The molecule has 7 heteroatoms. The second-order valence-electron chi connectivity index (χ2n) is 17.4. The highest BCUT2D eigenvalue weighted by atomic mass is 19.1. The van der Waals surface area contributed by atoms with Crippen molar-refractivity contribution in [2.24, 2.45) is 0 Å². The van der Waals surface area contributed by atoms with E-state index in [0.29, 0.717) is 11.4 Å². The van der Waals surface area contributed by atoms with E-state index in [2.05, 4.69) is 127 Å². The Morgan fingerprint density at radius 3 is 1.13 bits per heavy atom. The molecule has 0 unspecified atom stereocenters. The first-order chi connectivity index (χ1) is 33.6. The first kappa shape index (κ1) is 38.1. The number of rotatable bonds is 5. The summed E-state index contributed by atoms with van der Waals surface area (Å²) in [5.41, 5.74) is 10.6. The number of aromatic nitrogens is 4. The molecule has 0 aliphatic heterocycles. The quantitative estimate of drug-likeness (QED) is 0.170. The summed E-state index contributed by atoms with van der Waals surface area (Å²) in [5, 5.41) is 20.2. The largest absolute Gasteiger partial charge is 0.307 e. The van der Waals surface area contributed by atoms with Crippen LogP contribution >= 0.6 is 0 Å². The van der Waals surface area contributed by atoms with Crippen LogP contribution in [0.3, 0.4) is 0 Å². The number of nitrogens with zero attached hydrogens (tertiary/aromatic N) is 5. The molecule has 10 aromatic carbocycles. The summed E-state index contributed by atoms with van der Waals surface area (Å²) in [4.78, 5) is 0. The minimum absolute atomic E-state index is 0.207. The van der Waals surface area contributed by atoms with Crippen LogP contribution in [0.5, 0.6) is 0 Å². The van der Waals surface area contributed by atoms with E-state index in [-0.39, 0.29) is 16.7 Å². The lowest BCUT2D eigenvalue weighted by molar-refractivity contribution is 0.589. The molecule has 0 aliphatic carbocycles. The summed E-state index contributed by atoms with van der Waals surface area (Å²) in [5.74, 6) is -1.45. The molecule has 0 aliphatic rings. The van der Waals surface area contributed by atoms with Gasteiger partial charge in [0.1, 0.15) is 23.3 Å². The summed E-state index contributed by atoms with van der Waals surface area (Å²) in [6.07, 6.45) is 0. The summed E-state index contributed by atoms with van der Waals surface area (Å²) in [6, 6.07) is 72.8. The number of nitriles is 1. The van der Waals surface area contributed by atoms with Crippen molar-refractivity contribution < 1.29 is 8.78 Å². The number of halogens is 2. The van der Waals surface area contributed by atoms with Gasteiger partial charge in [-0.1, -0.05) is 140 Å². The van der Waals surface area contributed by atoms with Gasteiger partial charge in [0, 0.05) is 60.0 Å². The van der Waals surface area contributed by atoms with Crippen molar-refractivity contribution in [1.29, 1.82) is 5.26 Å². The molecule has 0 radical (unpaired) electrons. The van der Waals surface area contributed by atoms with Crippen molar-refractivity contribution in [3.63, 3.8) is 0 Å². The van der Waals surface area contributed by atoms with Crippen LogP contribution in [0, 0.1) is 23.0 Å². The summed E-state index contributed by atoms with van der Waals surface area (Å²) in [6.45, 7) is 0. The van der Waals surface area contributed by atoms with E-state index in [1.165, 1.54) is 18.2 Å². The molecule has 0 bridgehead atoms. The zero-order valence-electron chi connectivity index (χ0n) is 36.2. The van der Waals surface area contributed by atoms with Gasteiger partial charge in [-0.15, -0.1) is 0 Å². The van der Waals surface area contributed by atoms with E-state index in [9.17, 15) is 5.26 Å². The van der Waals surface area contributed by atoms with E-state index in [4.69, 9.17) is 0 Å². The molecule has 14 rings (SSSR count). The minimum Gasteiger partial charge on any atom is -0.307 e. The predicted octanol–water partition coefficient (Wildman–Crippen LogP) is 15.9. The van der Waals surface area contributed by atoms with E-state index >= 15 is 8.78 Å². The first-order valence-electron chi connectivity index (χ1n) is 22.6. The molecule has 0 saturated carbocycles. The fourth-order valence-corrected chi connectivity index (χ4v) is 11.2. The molecule has 14 aromatic rings. The topological polar surface area (TPSA) is 43.5 Å². The van der Waals surface area contributed by atoms with Gasteiger partial charge in [0.15, 0.2) is 0 Å². The van der Waals surface area contributed by atoms with E-state index in [1.54, 1.807) is 6.07 Å². The third kappa shape index (κ3) is 5.11. The second-order valence-corrected chi connectivity index (χ2v) is 17.4. The lowest BCUT2D eigenvalue weighted by atomic mass is 9.97. The molecular formula is C61H35F2N5. The molecule has 4 aromatic heterocycles. The third-order valence-electron chi connectivity index (χ3n) is 13.9. The van der Waals surface area contributed by atoms with Gasteiger partial charge in [0.2, 0.25) is 0 Å². The number of para-hydroxylation sites is 6. The number of hydrogen-bond donors (Lipinski definition) is 0. The summed E-state index contributed by atoms with van der Waals surface area (Å²) >= 11 is 0. The normalized spacial score (nSPS) is 12.0. The average molecular weight is 876 g/mol. The van der Waals surface area contributed by atoms with Crippen molar-refractivity contribution in [3.8, 4) is 39.9 Å². The second kappa shape index (κ2) is 14.4. The maximum absolute atomic E-state index is 16.6. The van der Waals surface area contributed by atoms with Crippen LogP contribution < -0.4 is 0 Å². The highest BCUT2D eigenvalue weighted by molar-refractivity contribution is 6.26. The van der Waals surface area contributed by atoms with Crippen LogP contribution in [0.25, 0.3) is 121 Å². The highest BCUT2D eigenvalue weighted by Gasteiger charge is 2.30. The monoisotopic (exact) mass is 875 g/mol. The average Bonchev–Trinajstić information content (AvgIpc) is 4.12. The molecule has 0 amide bonds. The van der Waals surface area contributed by atoms with Crippen molar-refractivity contribution in [2.75, 3.05) is 0 Å². The van der Waals surface area contributed by atoms with Crippen LogP contribution in [0.15, 0.2) is 212 Å². The summed E-state index contributed by atoms with van der Waals surface area (Å²) < 4.78 is 42.1. The molecule has 4 heterocycles. The first-order valence-corrected chi connectivity index (χ1v) is 22.6. The van der Waals surface area contributed by atoms with E-state index < -0.39 is 11.6 Å². The molecule has 0 fully saturated rings. The molecule has 0 atom stereocenters. The Balaban J connectivity index is 1.22. The fraction of sp³-hybridized carbons (Fsp3) is 0. The zero-order chi connectivity index (χ0) is 45.2. The fourth-order valence-electron chi connectivity index (χ4n) is 11.2.